The van der Waals surface area contributed by atoms with Gasteiger partial charge in [0.15, 0.2) is 18.0 Å². The summed E-state index contributed by atoms with van der Waals surface area (Å²) in [6.45, 7) is -0.271. The SMILES string of the molecule is CNC(=O)NCC1CN(c2cc(F)c(-c3ncno3)c(F)c2F)C(=O)O1. The number of rotatable bonds is 4. The molecule has 0 bridgehead atoms. The van der Waals surface area contributed by atoms with Crippen LogP contribution in [0.4, 0.5) is 28.4 Å². The Bertz CT molecular complexity index is 846. The van der Waals surface area contributed by atoms with E-state index in [2.05, 4.69) is 25.3 Å². The second-order valence-electron chi connectivity index (χ2n) is 5.20. The van der Waals surface area contributed by atoms with Gasteiger partial charge in [-0.2, -0.15) is 4.98 Å². The maximum atomic E-state index is 14.4. The van der Waals surface area contributed by atoms with Crippen molar-refractivity contribution in [3.05, 3.63) is 29.8 Å². The minimum Gasteiger partial charge on any atom is -0.442 e. The topological polar surface area (TPSA) is 110 Å². The highest BCUT2D eigenvalue weighted by Crippen LogP contribution is 2.33. The van der Waals surface area contributed by atoms with E-state index in [0.29, 0.717) is 6.07 Å². The van der Waals surface area contributed by atoms with Gasteiger partial charge in [0, 0.05) is 13.1 Å². The first-order chi connectivity index (χ1) is 12.4. The Morgan fingerprint density at radius 3 is 2.81 bits per heavy atom. The summed E-state index contributed by atoms with van der Waals surface area (Å²) in [5.41, 5.74) is -1.48. The van der Waals surface area contributed by atoms with Crippen LogP contribution in [0, 0.1) is 17.5 Å². The summed E-state index contributed by atoms with van der Waals surface area (Å²) in [6, 6.07) is 0.125. The van der Waals surface area contributed by atoms with Crippen LogP contribution in [0.15, 0.2) is 16.9 Å². The van der Waals surface area contributed by atoms with Crippen molar-refractivity contribution in [3.63, 3.8) is 0 Å². The summed E-state index contributed by atoms with van der Waals surface area (Å²) < 4.78 is 52.4. The first-order valence-electron chi connectivity index (χ1n) is 7.30. The van der Waals surface area contributed by atoms with Crippen LogP contribution in [-0.4, -0.2) is 48.5 Å². The van der Waals surface area contributed by atoms with E-state index in [0.717, 1.165) is 11.2 Å². The van der Waals surface area contributed by atoms with Gasteiger partial charge in [0.2, 0.25) is 0 Å². The van der Waals surface area contributed by atoms with Crippen molar-refractivity contribution in [3.8, 4) is 11.5 Å². The maximum absolute atomic E-state index is 14.4. The molecule has 12 heteroatoms. The van der Waals surface area contributed by atoms with Crippen molar-refractivity contribution >= 4 is 17.8 Å². The van der Waals surface area contributed by atoms with Crippen LogP contribution in [0.5, 0.6) is 0 Å². The number of ether oxygens (including phenoxy) is 1. The number of halogens is 3. The molecule has 3 amide bonds. The van der Waals surface area contributed by atoms with Crippen molar-refractivity contribution in [1.82, 2.24) is 20.8 Å². The van der Waals surface area contributed by atoms with E-state index in [9.17, 15) is 22.8 Å². The molecule has 1 aromatic heterocycles. The van der Waals surface area contributed by atoms with E-state index in [4.69, 9.17) is 4.74 Å². The molecule has 1 atom stereocenters. The smallest absolute Gasteiger partial charge is 0.414 e. The summed E-state index contributed by atoms with van der Waals surface area (Å²) in [4.78, 5) is 27.3. The van der Waals surface area contributed by atoms with Crippen LogP contribution in [0.3, 0.4) is 0 Å². The molecule has 0 aliphatic carbocycles. The largest absolute Gasteiger partial charge is 0.442 e. The van der Waals surface area contributed by atoms with Gasteiger partial charge in [0.05, 0.1) is 18.8 Å². The molecule has 138 valence electrons. The molecular formula is C14H12F3N5O4. The number of amides is 3. The van der Waals surface area contributed by atoms with Crippen LogP contribution in [-0.2, 0) is 4.74 Å². The standard InChI is InChI=1S/C14H12F3N5O4/c1-18-13(23)19-3-6-4-22(14(24)25-6)8-2-7(15)9(11(17)10(8)16)12-20-5-21-26-12/h2,5-6H,3-4H2,1H3,(H2,18,19,23). The van der Waals surface area contributed by atoms with E-state index in [1.54, 1.807) is 0 Å². The number of urea groups is 1. The minimum absolute atomic E-state index is 0.0609. The highest BCUT2D eigenvalue weighted by molar-refractivity contribution is 5.90. The summed E-state index contributed by atoms with van der Waals surface area (Å²) in [6.07, 6.45) is -0.917. The predicted octanol–water partition coefficient (Wildman–Crippen LogP) is 1.41. The summed E-state index contributed by atoms with van der Waals surface area (Å²) in [5, 5.41) is 7.92. The number of carbonyl (C=O) groups is 2. The van der Waals surface area contributed by atoms with Crippen LogP contribution in [0.25, 0.3) is 11.5 Å². The van der Waals surface area contributed by atoms with Crippen molar-refractivity contribution in [2.24, 2.45) is 0 Å². The van der Waals surface area contributed by atoms with E-state index in [1.807, 2.05) is 0 Å². The van der Waals surface area contributed by atoms with Gasteiger partial charge in [-0.05, 0) is 0 Å². The predicted molar refractivity (Wildman–Crippen MR) is 79.7 cm³/mol. The first-order valence-corrected chi connectivity index (χ1v) is 7.30. The fraction of sp³-hybridized carbons (Fsp3) is 0.286. The van der Waals surface area contributed by atoms with Crippen LogP contribution in [0.1, 0.15) is 0 Å². The monoisotopic (exact) mass is 371 g/mol. The maximum Gasteiger partial charge on any atom is 0.414 e. The lowest BCUT2D eigenvalue weighted by Crippen LogP contribution is -2.39. The van der Waals surface area contributed by atoms with Crippen molar-refractivity contribution in [2.45, 2.75) is 6.10 Å². The van der Waals surface area contributed by atoms with Gasteiger partial charge in [0.1, 0.15) is 17.5 Å². The molecule has 1 aliphatic rings. The number of hydrogen-bond acceptors (Lipinski definition) is 6. The molecule has 1 aromatic carbocycles. The highest BCUT2D eigenvalue weighted by Gasteiger charge is 2.36. The Morgan fingerprint density at radius 1 is 1.38 bits per heavy atom. The molecule has 1 saturated heterocycles. The summed E-state index contributed by atoms with van der Waals surface area (Å²) >= 11 is 0. The molecule has 26 heavy (non-hydrogen) atoms. The summed E-state index contributed by atoms with van der Waals surface area (Å²) in [7, 11) is 1.40. The van der Waals surface area contributed by atoms with Crippen molar-refractivity contribution in [1.29, 1.82) is 0 Å². The first kappa shape index (κ1) is 17.5. The second-order valence-corrected chi connectivity index (χ2v) is 5.20. The Kier molecular flexibility index (Phi) is 4.65. The molecule has 1 aliphatic heterocycles. The lowest BCUT2D eigenvalue weighted by Gasteiger charge is -2.15. The van der Waals surface area contributed by atoms with Gasteiger partial charge in [-0.3, -0.25) is 4.90 Å². The van der Waals surface area contributed by atoms with E-state index < -0.39 is 52.8 Å². The number of hydrogen-bond donors (Lipinski definition) is 2. The third-order valence-electron chi connectivity index (χ3n) is 3.60. The van der Waals surface area contributed by atoms with Crippen LogP contribution in [0.2, 0.25) is 0 Å². The van der Waals surface area contributed by atoms with Crippen molar-refractivity contribution < 1.29 is 32.0 Å². The molecule has 0 radical (unpaired) electrons. The van der Waals surface area contributed by atoms with Gasteiger partial charge < -0.3 is 19.9 Å². The van der Waals surface area contributed by atoms with Gasteiger partial charge in [-0.1, -0.05) is 5.16 Å². The average molecular weight is 371 g/mol. The third kappa shape index (κ3) is 3.12. The van der Waals surface area contributed by atoms with Crippen LogP contribution < -0.4 is 15.5 Å². The number of nitrogens with zero attached hydrogens (tertiary/aromatic N) is 3. The molecule has 2 aromatic rings. The molecule has 2 N–H and O–H groups in total. The lowest BCUT2D eigenvalue weighted by atomic mass is 10.1. The van der Waals surface area contributed by atoms with Gasteiger partial charge in [-0.15, -0.1) is 0 Å². The summed E-state index contributed by atoms with van der Waals surface area (Å²) in [5.74, 6) is -4.79. The number of carbonyl (C=O) groups excluding carboxylic acids is 2. The van der Waals surface area contributed by atoms with Gasteiger partial charge >= 0.3 is 12.1 Å². The Morgan fingerprint density at radius 2 is 2.15 bits per heavy atom. The average Bonchev–Trinajstić information content (AvgIpc) is 3.26. The molecule has 1 unspecified atom stereocenters. The number of anilines is 1. The molecule has 0 spiro atoms. The zero-order valence-corrected chi connectivity index (χ0v) is 13.3. The number of benzene rings is 1. The Labute approximate surface area is 144 Å². The highest BCUT2D eigenvalue weighted by atomic mass is 19.2. The van der Waals surface area contributed by atoms with E-state index in [1.165, 1.54) is 7.05 Å². The second kappa shape index (κ2) is 6.90. The van der Waals surface area contributed by atoms with E-state index in [-0.39, 0.29) is 13.1 Å². The number of cyclic esters (lactones) is 1. The number of aromatic nitrogens is 2. The molecule has 3 rings (SSSR count). The fourth-order valence-corrected chi connectivity index (χ4v) is 2.38. The fourth-order valence-electron chi connectivity index (χ4n) is 2.38. The zero-order chi connectivity index (χ0) is 18.8. The molecular weight excluding hydrogens is 359 g/mol. The molecule has 0 saturated carbocycles. The molecule has 9 nitrogen and oxygen atoms in total. The number of nitrogens with one attached hydrogen (secondary N) is 2. The van der Waals surface area contributed by atoms with Gasteiger partial charge in [0.25, 0.3) is 5.89 Å². The normalized spacial score (nSPS) is 16.5. The van der Waals surface area contributed by atoms with E-state index >= 15 is 0 Å². The Balaban J connectivity index is 1.86. The van der Waals surface area contributed by atoms with Crippen molar-refractivity contribution in [2.75, 3.05) is 25.0 Å². The minimum atomic E-state index is -1.58. The van der Waals surface area contributed by atoms with Gasteiger partial charge in [-0.25, -0.2) is 22.8 Å². The zero-order valence-electron chi connectivity index (χ0n) is 13.3. The lowest BCUT2D eigenvalue weighted by molar-refractivity contribution is 0.140. The van der Waals surface area contributed by atoms with Crippen LogP contribution >= 0.6 is 0 Å². The quantitative estimate of drug-likeness (QED) is 0.787. The third-order valence-corrected chi connectivity index (χ3v) is 3.60. The molecule has 2 heterocycles. The Hall–Kier alpha value is -3.31. The molecule has 1 fully saturated rings.